The van der Waals surface area contributed by atoms with Gasteiger partial charge in [-0.2, -0.15) is 0 Å². The molecule has 8 heteroatoms. The van der Waals surface area contributed by atoms with E-state index in [0.29, 0.717) is 10.0 Å². The average molecular weight is 413 g/mol. The molecular weight excluding hydrogens is 392 g/mol. The van der Waals surface area contributed by atoms with Crippen LogP contribution in [0.2, 0.25) is 0 Å². The quantitative estimate of drug-likeness (QED) is 0.572. The Morgan fingerprint density at radius 3 is 2.50 bits per heavy atom. The number of hydrogen-bond acceptors (Lipinski definition) is 6. The smallest absolute Gasteiger partial charge is 0.286 e. The van der Waals surface area contributed by atoms with Crippen molar-refractivity contribution in [3.63, 3.8) is 0 Å². The number of nitrogens with one attached hydrogen (secondary N) is 2. The molecule has 2 N–H and O–H groups in total. The van der Waals surface area contributed by atoms with E-state index < -0.39 is 0 Å². The van der Waals surface area contributed by atoms with Gasteiger partial charge in [0.1, 0.15) is 0 Å². The van der Waals surface area contributed by atoms with Gasteiger partial charge in [-0.25, -0.2) is 0 Å². The summed E-state index contributed by atoms with van der Waals surface area (Å²) in [5, 5.41) is 13.9. The van der Waals surface area contributed by atoms with Crippen LogP contribution >= 0.6 is 23.1 Å². The van der Waals surface area contributed by atoms with E-state index in [-0.39, 0.29) is 28.6 Å². The van der Waals surface area contributed by atoms with Gasteiger partial charge in [-0.1, -0.05) is 71.1 Å². The Labute approximate surface area is 171 Å². The zero-order valence-electron chi connectivity index (χ0n) is 15.5. The van der Waals surface area contributed by atoms with Crippen molar-refractivity contribution in [3.05, 3.63) is 70.7 Å². The molecule has 0 aliphatic carbocycles. The van der Waals surface area contributed by atoms with Gasteiger partial charge < -0.3 is 10.6 Å². The van der Waals surface area contributed by atoms with Gasteiger partial charge in [-0.3, -0.25) is 9.59 Å². The third-order valence-electron chi connectivity index (χ3n) is 3.91. The average Bonchev–Trinajstić information content (AvgIpc) is 3.18. The lowest BCUT2D eigenvalue weighted by Gasteiger charge is -2.13. The summed E-state index contributed by atoms with van der Waals surface area (Å²) in [5.41, 5.74) is 2.87. The second-order valence-electron chi connectivity index (χ2n) is 6.18. The molecule has 0 saturated carbocycles. The molecule has 6 nitrogen and oxygen atoms in total. The summed E-state index contributed by atoms with van der Waals surface area (Å²) < 4.78 is 0.580. The van der Waals surface area contributed by atoms with Crippen molar-refractivity contribution < 1.29 is 9.59 Å². The van der Waals surface area contributed by atoms with Crippen molar-refractivity contribution in [1.82, 2.24) is 15.5 Å². The molecule has 144 valence electrons. The Bertz CT molecular complexity index is 942. The molecule has 1 aromatic heterocycles. The molecule has 0 aliphatic rings. The molecule has 0 aliphatic heterocycles. The van der Waals surface area contributed by atoms with Crippen LogP contribution in [0.25, 0.3) is 0 Å². The summed E-state index contributed by atoms with van der Waals surface area (Å²) in [6.45, 7) is 3.92. The topological polar surface area (TPSA) is 84.0 Å². The lowest BCUT2D eigenvalue weighted by atomic mass is 10.1. The summed E-state index contributed by atoms with van der Waals surface area (Å²) in [7, 11) is 0. The van der Waals surface area contributed by atoms with E-state index in [1.165, 1.54) is 23.1 Å². The number of carbonyl (C=O) groups is 2. The van der Waals surface area contributed by atoms with E-state index in [2.05, 4.69) is 20.8 Å². The highest BCUT2D eigenvalue weighted by molar-refractivity contribution is 8.01. The first-order valence-electron chi connectivity index (χ1n) is 8.70. The van der Waals surface area contributed by atoms with Gasteiger partial charge in [0.25, 0.3) is 5.91 Å². The van der Waals surface area contributed by atoms with Crippen molar-refractivity contribution in [2.45, 2.75) is 24.2 Å². The van der Waals surface area contributed by atoms with Crippen molar-refractivity contribution >= 4 is 40.6 Å². The van der Waals surface area contributed by atoms with Crippen LogP contribution in [0.1, 0.15) is 33.9 Å². The molecule has 1 heterocycles. The predicted octanol–water partition coefficient (Wildman–Crippen LogP) is 4.07. The summed E-state index contributed by atoms with van der Waals surface area (Å²) >= 11 is 2.43. The molecule has 3 rings (SSSR count). The summed E-state index contributed by atoms with van der Waals surface area (Å²) in [6.07, 6.45) is 0. The first-order valence-corrected chi connectivity index (χ1v) is 10.5. The summed E-state index contributed by atoms with van der Waals surface area (Å²) in [4.78, 5) is 24.4. The van der Waals surface area contributed by atoms with Crippen molar-refractivity contribution in [1.29, 1.82) is 0 Å². The second kappa shape index (κ2) is 9.48. The number of aromatic nitrogens is 2. The fourth-order valence-electron chi connectivity index (χ4n) is 2.42. The lowest BCUT2D eigenvalue weighted by Crippen LogP contribution is -2.28. The molecule has 0 bridgehead atoms. The third kappa shape index (κ3) is 5.64. The predicted molar refractivity (Wildman–Crippen MR) is 113 cm³/mol. The molecule has 2 amide bonds. The second-order valence-corrected chi connectivity index (χ2v) is 8.38. The van der Waals surface area contributed by atoms with Crippen LogP contribution in [-0.4, -0.2) is 27.8 Å². The zero-order valence-corrected chi connectivity index (χ0v) is 17.1. The number of hydrogen-bond donors (Lipinski definition) is 2. The van der Waals surface area contributed by atoms with Gasteiger partial charge >= 0.3 is 0 Å². The lowest BCUT2D eigenvalue weighted by molar-refractivity contribution is -0.119. The Morgan fingerprint density at radius 2 is 1.79 bits per heavy atom. The van der Waals surface area contributed by atoms with E-state index in [1.54, 1.807) is 0 Å². The number of nitrogens with zero attached hydrogens (tertiary/aromatic N) is 2. The van der Waals surface area contributed by atoms with E-state index >= 15 is 0 Å². The number of anilines is 1. The minimum atomic E-state index is -0.310. The molecule has 3 aromatic rings. The Kier molecular flexibility index (Phi) is 6.78. The van der Waals surface area contributed by atoms with E-state index in [0.717, 1.165) is 11.1 Å². The first-order chi connectivity index (χ1) is 13.5. The Hall–Kier alpha value is -2.71. The van der Waals surface area contributed by atoms with Crippen LogP contribution in [-0.2, 0) is 4.79 Å². The Morgan fingerprint density at radius 1 is 1.07 bits per heavy atom. The molecule has 0 radical (unpaired) electrons. The fourth-order valence-corrected chi connectivity index (χ4v) is 3.97. The van der Waals surface area contributed by atoms with Crippen LogP contribution in [0, 0.1) is 6.92 Å². The highest BCUT2D eigenvalue weighted by Gasteiger charge is 2.15. The molecule has 1 atom stereocenters. The number of aryl methyl sites for hydroxylation is 1. The normalized spacial score (nSPS) is 11.6. The van der Waals surface area contributed by atoms with E-state index in [4.69, 9.17) is 0 Å². The summed E-state index contributed by atoms with van der Waals surface area (Å²) in [6, 6.07) is 17.2. The first kappa shape index (κ1) is 20.0. The molecule has 2 aromatic carbocycles. The fraction of sp³-hybridized carbons (Fsp3) is 0.200. The van der Waals surface area contributed by atoms with Crippen LogP contribution in [0.5, 0.6) is 0 Å². The number of carbonyl (C=O) groups excluding carboxylic acids is 2. The van der Waals surface area contributed by atoms with E-state index in [1.807, 2.05) is 68.4 Å². The third-order valence-corrected chi connectivity index (χ3v) is 5.97. The van der Waals surface area contributed by atoms with Crippen molar-refractivity contribution in [3.8, 4) is 0 Å². The number of benzene rings is 2. The van der Waals surface area contributed by atoms with Crippen LogP contribution in [0.4, 0.5) is 5.69 Å². The molecule has 0 unspecified atom stereocenters. The highest BCUT2D eigenvalue weighted by atomic mass is 32.2. The van der Waals surface area contributed by atoms with Crippen LogP contribution in [0.3, 0.4) is 0 Å². The highest BCUT2D eigenvalue weighted by Crippen LogP contribution is 2.23. The number of rotatable bonds is 7. The van der Waals surface area contributed by atoms with Crippen LogP contribution < -0.4 is 10.6 Å². The Balaban J connectivity index is 1.49. The van der Waals surface area contributed by atoms with Gasteiger partial charge in [-0.05, 0) is 31.5 Å². The maximum absolute atomic E-state index is 12.3. The molecule has 28 heavy (non-hydrogen) atoms. The van der Waals surface area contributed by atoms with Gasteiger partial charge in [-0.15, -0.1) is 10.2 Å². The number of amides is 2. The van der Waals surface area contributed by atoms with E-state index in [9.17, 15) is 9.59 Å². The molecular formula is C20H20N4O2S2. The maximum Gasteiger partial charge on any atom is 0.286 e. The SMILES string of the molecule is Cc1ccc(NC(=O)c2nnc(SCC(=O)N[C@@H](C)c3ccccc3)s2)cc1. The standard InChI is InChI=1S/C20H20N4O2S2/c1-13-8-10-16(11-9-13)22-18(26)19-23-24-20(28-19)27-12-17(25)21-14(2)15-6-4-3-5-7-15/h3-11,14H,12H2,1-2H3,(H,21,25)(H,22,26)/t14-/m0/s1. The maximum atomic E-state index is 12.3. The number of thioether (sulfide) groups is 1. The van der Waals surface area contributed by atoms with Gasteiger partial charge in [0.05, 0.1) is 11.8 Å². The minimum absolute atomic E-state index is 0.0698. The van der Waals surface area contributed by atoms with Gasteiger partial charge in [0.2, 0.25) is 10.9 Å². The molecule has 0 saturated heterocycles. The molecule has 0 fully saturated rings. The van der Waals surface area contributed by atoms with Crippen molar-refractivity contribution in [2.75, 3.05) is 11.1 Å². The monoisotopic (exact) mass is 412 g/mol. The summed E-state index contributed by atoms with van der Waals surface area (Å²) in [5.74, 6) is -0.191. The van der Waals surface area contributed by atoms with Gasteiger partial charge in [0, 0.05) is 5.69 Å². The molecule has 0 spiro atoms. The largest absolute Gasteiger partial charge is 0.349 e. The van der Waals surface area contributed by atoms with Crippen molar-refractivity contribution in [2.24, 2.45) is 0 Å². The zero-order chi connectivity index (χ0) is 19.9. The van der Waals surface area contributed by atoms with Crippen LogP contribution in [0.15, 0.2) is 58.9 Å². The van der Waals surface area contributed by atoms with Gasteiger partial charge in [0.15, 0.2) is 4.34 Å². The minimum Gasteiger partial charge on any atom is -0.349 e.